The van der Waals surface area contributed by atoms with Crippen LogP contribution in [0.4, 0.5) is 0 Å². The topological polar surface area (TPSA) is 51.8 Å². The number of thioether (sulfide) groups is 1. The largest absolute Gasteiger partial charge is 0.325 e. The Labute approximate surface area is 75.8 Å². The molecular formula is C8H11N3S. The Bertz CT molecular complexity index is 288. The predicted octanol–water partition coefficient (Wildman–Crippen LogP) is 0.725. The minimum absolute atomic E-state index is 0.493. The van der Waals surface area contributed by atoms with E-state index in [4.69, 9.17) is 5.73 Å². The summed E-state index contributed by atoms with van der Waals surface area (Å²) < 4.78 is 0. The van der Waals surface area contributed by atoms with Gasteiger partial charge < -0.3 is 5.73 Å². The van der Waals surface area contributed by atoms with Crippen molar-refractivity contribution in [3.8, 4) is 0 Å². The van der Waals surface area contributed by atoms with Crippen molar-refractivity contribution in [2.75, 3.05) is 5.75 Å². The van der Waals surface area contributed by atoms with Gasteiger partial charge in [0.2, 0.25) is 0 Å². The molecule has 0 bridgehead atoms. The highest BCUT2D eigenvalue weighted by Gasteiger charge is 2.11. The molecule has 0 spiro atoms. The molecule has 2 N–H and O–H groups in total. The number of aryl methyl sites for hydroxylation is 1. The van der Waals surface area contributed by atoms with Gasteiger partial charge in [-0.25, -0.2) is 0 Å². The van der Waals surface area contributed by atoms with Crippen molar-refractivity contribution in [2.24, 2.45) is 5.73 Å². The molecule has 0 amide bonds. The lowest BCUT2D eigenvalue weighted by atomic mass is 10.2. The number of hydrogen-bond donors (Lipinski definition) is 1. The van der Waals surface area contributed by atoms with Gasteiger partial charge in [0.15, 0.2) is 0 Å². The highest BCUT2D eigenvalue weighted by molar-refractivity contribution is 7.98. The third-order valence-electron chi connectivity index (χ3n) is 1.91. The zero-order chi connectivity index (χ0) is 8.39. The van der Waals surface area contributed by atoms with Gasteiger partial charge in [0, 0.05) is 18.7 Å². The number of rotatable bonds is 1. The van der Waals surface area contributed by atoms with Crippen molar-refractivity contribution < 1.29 is 0 Å². The van der Waals surface area contributed by atoms with Crippen LogP contribution in [0.1, 0.15) is 17.1 Å². The van der Waals surface area contributed by atoms with Crippen molar-refractivity contribution >= 4 is 11.8 Å². The van der Waals surface area contributed by atoms with Crippen LogP contribution in [0.15, 0.2) is 6.20 Å². The molecule has 12 heavy (non-hydrogen) atoms. The molecule has 0 aromatic carbocycles. The van der Waals surface area contributed by atoms with E-state index in [1.54, 1.807) is 6.20 Å². The minimum atomic E-state index is 0.493. The lowest BCUT2D eigenvalue weighted by Crippen LogP contribution is -2.11. The van der Waals surface area contributed by atoms with Crippen LogP contribution in [0.3, 0.4) is 0 Å². The standard InChI is InChI=1S/C8H11N3S/c9-3-6-4-10-8-5-12-2-1-7(8)11-6/h4H,1-3,5,9H2. The summed E-state index contributed by atoms with van der Waals surface area (Å²) >= 11 is 1.92. The quantitative estimate of drug-likeness (QED) is 0.693. The summed E-state index contributed by atoms with van der Waals surface area (Å²) in [5, 5.41) is 0. The fourth-order valence-electron chi connectivity index (χ4n) is 1.25. The first-order valence-electron chi connectivity index (χ1n) is 4.01. The number of aromatic nitrogens is 2. The lowest BCUT2D eigenvalue weighted by Gasteiger charge is -2.13. The Morgan fingerprint density at radius 1 is 1.50 bits per heavy atom. The molecule has 4 heteroatoms. The summed E-state index contributed by atoms with van der Waals surface area (Å²) in [5.74, 6) is 2.17. The van der Waals surface area contributed by atoms with E-state index in [1.165, 1.54) is 0 Å². The first kappa shape index (κ1) is 8.01. The van der Waals surface area contributed by atoms with Gasteiger partial charge in [0.05, 0.1) is 23.3 Å². The molecule has 0 aliphatic carbocycles. The van der Waals surface area contributed by atoms with Crippen molar-refractivity contribution in [1.82, 2.24) is 9.97 Å². The van der Waals surface area contributed by atoms with E-state index in [0.717, 1.165) is 35.0 Å². The number of nitrogens with zero attached hydrogens (tertiary/aromatic N) is 2. The van der Waals surface area contributed by atoms with Gasteiger partial charge in [-0.3, -0.25) is 9.97 Å². The smallest absolute Gasteiger partial charge is 0.0725 e. The summed E-state index contributed by atoms with van der Waals surface area (Å²) in [6.07, 6.45) is 2.82. The van der Waals surface area contributed by atoms with Crippen LogP contribution in [-0.2, 0) is 18.7 Å². The maximum Gasteiger partial charge on any atom is 0.0725 e. The van der Waals surface area contributed by atoms with E-state index in [1.807, 2.05) is 11.8 Å². The number of fused-ring (bicyclic) bond motifs is 1. The van der Waals surface area contributed by atoms with Gasteiger partial charge in [0.1, 0.15) is 0 Å². The molecule has 0 fully saturated rings. The Morgan fingerprint density at radius 2 is 2.42 bits per heavy atom. The van der Waals surface area contributed by atoms with Crippen LogP contribution in [0.25, 0.3) is 0 Å². The van der Waals surface area contributed by atoms with E-state index in [-0.39, 0.29) is 0 Å². The lowest BCUT2D eigenvalue weighted by molar-refractivity contribution is 0.869. The molecule has 1 aliphatic rings. The summed E-state index contributed by atoms with van der Waals surface area (Å²) in [4.78, 5) is 8.76. The Balaban J connectivity index is 2.36. The van der Waals surface area contributed by atoms with E-state index in [0.29, 0.717) is 6.54 Å². The second kappa shape index (κ2) is 3.41. The van der Waals surface area contributed by atoms with Crippen molar-refractivity contribution in [3.63, 3.8) is 0 Å². The normalized spacial score (nSPS) is 15.8. The number of nitrogens with two attached hydrogens (primary N) is 1. The highest BCUT2D eigenvalue weighted by Crippen LogP contribution is 2.20. The van der Waals surface area contributed by atoms with E-state index < -0.39 is 0 Å². The molecule has 3 nitrogen and oxygen atoms in total. The second-order valence-electron chi connectivity index (χ2n) is 2.76. The van der Waals surface area contributed by atoms with Crippen LogP contribution >= 0.6 is 11.8 Å². The second-order valence-corrected chi connectivity index (χ2v) is 3.87. The molecule has 0 radical (unpaired) electrons. The Morgan fingerprint density at radius 3 is 3.25 bits per heavy atom. The SMILES string of the molecule is NCc1cnc2c(n1)CCSC2. The zero-order valence-electron chi connectivity index (χ0n) is 6.79. The third kappa shape index (κ3) is 1.44. The fraction of sp³-hybridized carbons (Fsp3) is 0.500. The van der Waals surface area contributed by atoms with Crippen molar-refractivity contribution in [1.29, 1.82) is 0 Å². The molecule has 64 valence electrons. The van der Waals surface area contributed by atoms with Gasteiger partial charge in [-0.2, -0.15) is 11.8 Å². The first-order valence-corrected chi connectivity index (χ1v) is 5.17. The monoisotopic (exact) mass is 181 g/mol. The average molecular weight is 181 g/mol. The molecule has 1 aromatic heterocycles. The summed E-state index contributed by atoms with van der Waals surface area (Å²) in [6, 6.07) is 0. The molecule has 1 aliphatic heterocycles. The maximum atomic E-state index is 5.48. The molecule has 2 heterocycles. The predicted molar refractivity (Wildman–Crippen MR) is 49.8 cm³/mol. The molecule has 0 unspecified atom stereocenters. The van der Waals surface area contributed by atoms with Crippen LogP contribution in [0, 0.1) is 0 Å². The van der Waals surface area contributed by atoms with E-state index >= 15 is 0 Å². The van der Waals surface area contributed by atoms with Crippen LogP contribution in [-0.4, -0.2) is 15.7 Å². The fourth-order valence-corrected chi connectivity index (χ4v) is 2.17. The number of hydrogen-bond acceptors (Lipinski definition) is 4. The average Bonchev–Trinajstić information content (AvgIpc) is 2.17. The van der Waals surface area contributed by atoms with E-state index in [9.17, 15) is 0 Å². The van der Waals surface area contributed by atoms with Gasteiger partial charge in [0.25, 0.3) is 0 Å². The Kier molecular flexibility index (Phi) is 2.28. The molecule has 0 saturated heterocycles. The maximum absolute atomic E-state index is 5.48. The van der Waals surface area contributed by atoms with Gasteiger partial charge in [-0.15, -0.1) is 0 Å². The summed E-state index contributed by atoms with van der Waals surface area (Å²) in [7, 11) is 0. The Hall–Kier alpha value is -0.610. The van der Waals surface area contributed by atoms with Gasteiger partial charge in [-0.1, -0.05) is 0 Å². The van der Waals surface area contributed by atoms with Gasteiger partial charge in [-0.05, 0) is 5.75 Å². The molecule has 2 rings (SSSR count). The molecular weight excluding hydrogens is 170 g/mol. The molecule has 0 atom stereocenters. The highest BCUT2D eigenvalue weighted by atomic mass is 32.2. The van der Waals surface area contributed by atoms with Crippen LogP contribution in [0.5, 0.6) is 0 Å². The zero-order valence-corrected chi connectivity index (χ0v) is 7.60. The van der Waals surface area contributed by atoms with Gasteiger partial charge >= 0.3 is 0 Å². The molecule has 1 aromatic rings. The first-order chi connectivity index (χ1) is 5.90. The summed E-state index contributed by atoms with van der Waals surface area (Å²) in [5.41, 5.74) is 8.67. The third-order valence-corrected chi connectivity index (χ3v) is 2.88. The van der Waals surface area contributed by atoms with Crippen molar-refractivity contribution in [2.45, 2.75) is 18.7 Å². The van der Waals surface area contributed by atoms with Crippen molar-refractivity contribution in [3.05, 3.63) is 23.3 Å². The molecule has 0 saturated carbocycles. The summed E-state index contributed by atoms with van der Waals surface area (Å²) in [6.45, 7) is 0.493. The van der Waals surface area contributed by atoms with Crippen LogP contribution < -0.4 is 5.73 Å². The van der Waals surface area contributed by atoms with E-state index in [2.05, 4.69) is 9.97 Å². The minimum Gasteiger partial charge on any atom is -0.325 e. The van der Waals surface area contributed by atoms with Crippen LogP contribution in [0.2, 0.25) is 0 Å².